The quantitative estimate of drug-likeness (QED) is 0.605. The summed E-state index contributed by atoms with van der Waals surface area (Å²) in [5.74, 6) is 0.785. The largest absolute Gasteiger partial charge is 0.462 e. The maximum Gasteiger partial charge on any atom is 0.226 e. The zero-order valence-corrected chi connectivity index (χ0v) is 10.6. The molecule has 0 aliphatic carbocycles. The van der Waals surface area contributed by atoms with E-state index in [1.807, 2.05) is 61.5 Å². The van der Waals surface area contributed by atoms with Crippen LogP contribution in [-0.4, -0.2) is 12.4 Å². The number of benzene rings is 2. The Labute approximate surface area is 111 Å². The van der Waals surface area contributed by atoms with Crippen LogP contribution in [0.1, 0.15) is 6.92 Å². The second kappa shape index (κ2) is 5.20. The highest BCUT2D eigenvalue weighted by Gasteiger charge is 2.36. The van der Waals surface area contributed by atoms with Crippen molar-refractivity contribution in [2.45, 2.75) is 19.3 Å². The van der Waals surface area contributed by atoms with Gasteiger partial charge in [0.15, 0.2) is 0 Å². The van der Waals surface area contributed by atoms with Crippen molar-refractivity contribution < 1.29 is 9.47 Å². The molecule has 1 aliphatic heterocycles. The minimum atomic E-state index is -0.100. The van der Waals surface area contributed by atoms with Crippen LogP contribution in [0.15, 0.2) is 64.8 Å². The third-order valence-electron chi connectivity index (χ3n) is 2.78. The highest BCUT2D eigenvalue weighted by atomic mass is 16.8. The van der Waals surface area contributed by atoms with Gasteiger partial charge < -0.3 is 9.47 Å². The van der Waals surface area contributed by atoms with Gasteiger partial charge in [-0.05, 0) is 43.3 Å². The van der Waals surface area contributed by atoms with E-state index in [4.69, 9.17) is 9.47 Å². The Bertz CT molecular complexity index is 566. The lowest BCUT2D eigenvalue weighted by molar-refractivity contribution is 0.178. The summed E-state index contributed by atoms with van der Waals surface area (Å²) in [6, 6.07) is 17.1. The number of ether oxygens (including phenoxy) is 2. The van der Waals surface area contributed by atoms with E-state index in [9.17, 15) is 0 Å². The molecule has 0 bridgehead atoms. The molecule has 1 fully saturated rings. The van der Waals surface area contributed by atoms with Crippen LogP contribution in [0.2, 0.25) is 0 Å². The van der Waals surface area contributed by atoms with Gasteiger partial charge in [0.25, 0.3) is 0 Å². The number of nitrogens with zero attached hydrogens (tertiary/aromatic N) is 2. The second-order valence-electron chi connectivity index (χ2n) is 4.36. The predicted octanol–water partition coefficient (Wildman–Crippen LogP) is 4.23. The molecule has 2 aromatic rings. The van der Waals surface area contributed by atoms with Crippen molar-refractivity contribution in [3.8, 4) is 5.75 Å². The van der Waals surface area contributed by atoms with Crippen molar-refractivity contribution in [1.29, 1.82) is 0 Å². The summed E-state index contributed by atoms with van der Waals surface area (Å²) in [6.07, 6.45) is 0.0919. The van der Waals surface area contributed by atoms with Gasteiger partial charge in [0.2, 0.25) is 6.29 Å². The summed E-state index contributed by atoms with van der Waals surface area (Å²) in [5, 5.41) is 8.32. The molecular weight excluding hydrogens is 240 g/mol. The minimum Gasteiger partial charge on any atom is -0.462 e. The standard InChI is InChI=1S/C15H14N2O2/c1-11-15(18-11)19-14-9-7-13(8-10-14)17-16-12-5-3-2-4-6-12/h2-11,15H,1H3. The maximum absolute atomic E-state index is 5.56. The molecule has 0 amide bonds. The molecule has 96 valence electrons. The highest BCUT2D eigenvalue weighted by molar-refractivity contribution is 5.42. The molecular formula is C15H14N2O2. The normalized spacial score (nSPS) is 21.5. The highest BCUT2D eigenvalue weighted by Crippen LogP contribution is 2.27. The number of rotatable bonds is 4. The van der Waals surface area contributed by atoms with E-state index in [-0.39, 0.29) is 12.4 Å². The monoisotopic (exact) mass is 254 g/mol. The van der Waals surface area contributed by atoms with Crippen molar-refractivity contribution in [3.05, 3.63) is 54.6 Å². The van der Waals surface area contributed by atoms with Gasteiger partial charge >= 0.3 is 0 Å². The van der Waals surface area contributed by atoms with Crippen LogP contribution in [0, 0.1) is 0 Å². The molecule has 2 aromatic carbocycles. The Kier molecular flexibility index (Phi) is 3.25. The average molecular weight is 254 g/mol. The van der Waals surface area contributed by atoms with Gasteiger partial charge in [-0.25, -0.2) is 0 Å². The summed E-state index contributed by atoms with van der Waals surface area (Å²) in [6.45, 7) is 1.98. The molecule has 19 heavy (non-hydrogen) atoms. The van der Waals surface area contributed by atoms with Crippen LogP contribution in [0.3, 0.4) is 0 Å². The van der Waals surface area contributed by atoms with Gasteiger partial charge in [0.05, 0.1) is 11.4 Å². The molecule has 2 unspecified atom stereocenters. The maximum atomic E-state index is 5.56. The Hall–Kier alpha value is -2.20. The predicted molar refractivity (Wildman–Crippen MR) is 72.0 cm³/mol. The Morgan fingerprint density at radius 1 is 0.895 bits per heavy atom. The summed E-state index contributed by atoms with van der Waals surface area (Å²) < 4.78 is 10.8. The molecule has 1 aliphatic rings. The van der Waals surface area contributed by atoms with E-state index in [1.165, 1.54) is 0 Å². The molecule has 4 nitrogen and oxygen atoms in total. The van der Waals surface area contributed by atoms with Crippen LogP contribution in [0.25, 0.3) is 0 Å². The van der Waals surface area contributed by atoms with Gasteiger partial charge in [-0.15, -0.1) is 0 Å². The van der Waals surface area contributed by atoms with Crippen molar-refractivity contribution >= 4 is 11.4 Å². The lowest BCUT2D eigenvalue weighted by atomic mass is 10.3. The fourth-order valence-corrected chi connectivity index (χ4v) is 1.63. The second-order valence-corrected chi connectivity index (χ2v) is 4.36. The third-order valence-corrected chi connectivity index (χ3v) is 2.78. The Morgan fingerprint density at radius 2 is 1.47 bits per heavy atom. The average Bonchev–Trinajstić information content (AvgIpc) is 3.14. The van der Waals surface area contributed by atoms with Gasteiger partial charge in [0.1, 0.15) is 11.9 Å². The number of azo groups is 1. The summed E-state index contributed by atoms with van der Waals surface area (Å²) in [7, 11) is 0. The van der Waals surface area contributed by atoms with Crippen LogP contribution in [0.4, 0.5) is 11.4 Å². The zero-order valence-electron chi connectivity index (χ0n) is 10.6. The lowest BCUT2D eigenvalue weighted by Gasteiger charge is -2.01. The first-order chi connectivity index (χ1) is 9.31. The molecule has 0 N–H and O–H groups in total. The first kappa shape index (κ1) is 11.9. The van der Waals surface area contributed by atoms with Gasteiger partial charge in [0, 0.05) is 0 Å². The van der Waals surface area contributed by atoms with E-state index in [2.05, 4.69) is 10.2 Å². The first-order valence-electron chi connectivity index (χ1n) is 6.20. The number of epoxide rings is 1. The SMILES string of the molecule is CC1OC1Oc1ccc(N=Nc2ccccc2)cc1. The van der Waals surface area contributed by atoms with Crippen LogP contribution < -0.4 is 4.74 Å². The number of hydrogen-bond donors (Lipinski definition) is 0. The van der Waals surface area contributed by atoms with Crippen molar-refractivity contribution in [1.82, 2.24) is 0 Å². The fraction of sp³-hybridized carbons (Fsp3) is 0.200. The zero-order chi connectivity index (χ0) is 13.1. The Morgan fingerprint density at radius 3 is 2.05 bits per heavy atom. The third kappa shape index (κ3) is 3.17. The van der Waals surface area contributed by atoms with E-state index in [0.717, 1.165) is 17.1 Å². The smallest absolute Gasteiger partial charge is 0.226 e. The lowest BCUT2D eigenvalue weighted by Crippen LogP contribution is -2.00. The Balaban J connectivity index is 1.64. The van der Waals surface area contributed by atoms with Crippen molar-refractivity contribution in [2.75, 3.05) is 0 Å². The summed E-state index contributed by atoms with van der Waals surface area (Å²) in [5.41, 5.74) is 1.63. The van der Waals surface area contributed by atoms with Gasteiger partial charge in [-0.1, -0.05) is 18.2 Å². The van der Waals surface area contributed by atoms with Crippen LogP contribution in [0.5, 0.6) is 5.75 Å². The number of hydrogen-bond acceptors (Lipinski definition) is 4. The molecule has 0 spiro atoms. The van der Waals surface area contributed by atoms with E-state index < -0.39 is 0 Å². The molecule has 4 heteroatoms. The van der Waals surface area contributed by atoms with E-state index in [0.29, 0.717) is 0 Å². The molecule has 0 saturated carbocycles. The van der Waals surface area contributed by atoms with Gasteiger partial charge in [-0.2, -0.15) is 10.2 Å². The van der Waals surface area contributed by atoms with Gasteiger partial charge in [-0.3, -0.25) is 0 Å². The van der Waals surface area contributed by atoms with Crippen LogP contribution >= 0.6 is 0 Å². The molecule has 1 saturated heterocycles. The molecule has 2 atom stereocenters. The molecule has 0 radical (unpaired) electrons. The van der Waals surface area contributed by atoms with Crippen molar-refractivity contribution in [2.24, 2.45) is 10.2 Å². The fourth-order valence-electron chi connectivity index (χ4n) is 1.63. The molecule has 0 aromatic heterocycles. The minimum absolute atomic E-state index is 0.100. The molecule has 1 heterocycles. The first-order valence-corrected chi connectivity index (χ1v) is 6.20. The molecule has 3 rings (SSSR count). The summed E-state index contributed by atoms with van der Waals surface area (Å²) in [4.78, 5) is 0. The van der Waals surface area contributed by atoms with Crippen molar-refractivity contribution in [3.63, 3.8) is 0 Å². The van der Waals surface area contributed by atoms with Crippen LogP contribution in [-0.2, 0) is 4.74 Å². The van der Waals surface area contributed by atoms with E-state index in [1.54, 1.807) is 0 Å². The summed E-state index contributed by atoms with van der Waals surface area (Å²) >= 11 is 0. The topological polar surface area (TPSA) is 46.5 Å². The van der Waals surface area contributed by atoms with E-state index >= 15 is 0 Å².